The number of aryl methyl sites for hydroxylation is 4. The molecule has 2 saturated heterocycles. The number of anilines is 4. The summed E-state index contributed by atoms with van der Waals surface area (Å²) in [4.78, 5) is 61.4. The van der Waals surface area contributed by atoms with Gasteiger partial charge in [-0.3, -0.25) is 34.5 Å². The van der Waals surface area contributed by atoms with Crippen LogP contribution in [0.5, 0.6) is 0 Å². The highest BCUT2D eigenvalue weighted by Crippen LogP contribution is 2.33. The molecule has 86 heavy (non-hydrogen) atoms. The van der Waals surface area contributed by atoms with Crippen LogP contribution in [-0.2, 0) is 33.1 Å². The third kappa shape index (κ3) is 14.4. The Bertz CT molecular complexity index is 3730. The fourth-order valence-electron chi connectivity index (χ4n) is 11.4. The van der Waals surface area contributed by atoms with Gasteiger partial charge < -0.3 is 43.8 Å². The molecule has 2 aromatic carbocycles. The molecule has 0 spiro atoms. The lowest BCUT2D eigenvalue weighted by Gasteiger charge is -2.38. The first-order chi connectivity index (χ1) is 40.8. The Hall–Kier alpha value is -7.74. The molecular weight excluding hydrogens is 1100 g/mol. The Labute approximate surface area is 501 Å². The topological polar surface area (TPSA) is 215 Å². The first-order valence-electron chi connectivity index (χ1n) is 29.5. The third-order valence-electron chi connectivity index (χ3n) is 16.0. The van der Waals surface area contributed by atoms with Crippen molar-refractivity contribution in [1.82, 2.24) is 68.2 Å². The number of carbonyl (C=O) groups excluding carboxylic acids is 2. The Morgan fingerprint density at radius 2 is 1.16 bits per heavy atom. The van der Waals surface area contributed by atoms with Gasteiger partial charge in [-0.2, -0.15) is 10.2 Å². The molecule has 8 aromatic rings. The van der Waals surface area contributed by atoms with Gasteiger partial charge in [-0.1, -0.05) is 0 Å². The molecule has 4 N–H and O–H groups in total. The van der Waals surface area contributed by atoms with Crippen LogP contribution < -0.4 is 20.4 Å². The van der Waals surface area contributed by atoms with E-state index < -0.39 is 34.7 Å². The molecule has 2 aliphatic heterocycles. The van der Waals surface area contributed by atoms with Crippen molar-refractivity contribution in [1.29, 1.82) is 0 Å². The van der Waals surface area contributed by atoms with E-state index in [0.717, 1.165) is 95.2 Å². The molecule has 0 aliphatic carbocycles. The van der Waals surface area contributed by atoms with Gasteiger partial charge in [-0.15, -0.1) is 0 Å². The third-order valence-corrected chi connectivity index (χ3v) is 16.0. The molecule has 2 aliphatic rings. The molecule has 10 rings (SSSR count). The number of hydrogen-bond acceptors (Lipinski definition) is 16. The summed E-state index contributed by atoms with van der Waals surface area (Å²) in [7, 11) is 12.2. The first kappa shape index (κ1) is 61.4. The van der Waals surface area contributed by atoms with E-state index in [9.17, 15) is 19.8 Å². The minimum atomic E-state index is -1.21. The zero-order chi connectivity index (χ0) is 61.4. The van der Waals surface area contributed by atoms with Crippen LogP contribution in [0.1, 0.15) is 72.6 Å². The molecule has 0 bridgehead atoms. The van der Waals surface area contributed by atoms with Gasteiger partial charge in [0, 0.05) is 138 Å². The molecular formula is C62H82F2N18O4. The fourth-order valence-corrected chi connectivity index (χ4v) is 11.4. The fraction of sp³-hybridized carbons (Fsp3) is 0.484. The Morgan fingerprint density at radius 3 is 1.70 bits per heavy atom. The van der Waals surface area contributed by atoms with Crippen LogP contribution in [-0.4, -0.2) is 208 Å². The molecule has 458 valence electrons. The highest BCUT2D eigenvalue weighted by molar-refractivity contribution is 6.06. The number of halogens is 2. The molecule has 2 amide bonds. The van der Waals surface area contributed by atoms with Crippen LogP contribution in [0.3, 0.4) is 0 Å². The van der Waals surface area contributed by atoms with Crippen molar-refractivity contribution in [3.8, 4) is 22.5 Å². The van der Waals surface area contributed by atoms with E-state index in [0.29, 0.717) is 45.1 Å². The Balaban J connectivity index is 0.864. The van der Waals surface area contributed by atoms with Crippen molar-refractivity contribution in [2.75, 3.05) is 121 Å². The molecule has 24 heteroatoms. The summed E-state index contributed by atoms with van der Waals surface area (Å²) < 4.78 is 40.2. The van der Waals surface area contributed by atoms with Gasteiger partial charge in [-0.25, -0.2) is 28.7 Å². The minimum Gasteiger partial charge on any atom is -0.389 e. The first-order valence-corrected chi connectivity index (χ1v) is 29.5. The van der Waals surface area contributed by atoms with Crippen LogP contribution in [0.2, 0.25) is 0 Å². The van der Waals surface area contributed by atoms with E-state index in [4.69, 9.17) is 9.97 Å². The van der Waals surface area contributed by atoms with Gasteiger partial charge in [0.1, 0.15) is 11.4 Å². The number of nitrogens with zero attached hydrogens (tertiary/aromatic N) is 16. The van der Waals surface area contributed by atoms with Gasteiger partial charge in [0.2, 0.25) is 11.9 Å². The van der Waals surface area contributed by atoms with Crippen molar-refractivity contribution in [3.63, 3.8) is 0 Å². The number of aromatic nitrogens is 10. The number of benzene rings is 2. The Morgan fingerprint density at radius 1 is 0.640 bits per heavy atom. The molecule has 6 aromatic heterocycles. The maximum Gasteiger partial charge on any atom is 0.261 e. The van der Waals surface area contributed by atoms with Gasteiger partial charge >= 0.3 is 0 Å². The maximum absolute atomic E-state index is 16.8. The smallest absolute Gasteiger partial charge is 0.261 e. The lowest BCUT2D eigenvalue weighted by Crippen LogP contribution is -2.48. The van der Waals surface area contributed by atoms with Crippen LogP contribution in [0.4, 0.5) is 32.1 Å². The number of aliphatic hydroxyl groups is 2. The van der Waals surface area contributed by atoms with Crippen molar-refractivity contribution < 1.29 is 28.6 Å². The number of hydrogen-bond donors (Lipinski definition) is 4. The molecule has 0 saturated carbocycles. The van der Waals surface area contributed by atoms with E-state index in [1.165, 1.54) is 29.2 Å². The van der Waals surface area contributed by atoms with Crippen molar-refractivity contribution in [3.05, 3.63) is 107 Å². The van der Waals surface area contributed by atoms with Crippen LogP contribution >= 0.6 is 0 Å². The highest BCUT2D eigenvalue weighted by atomic mass is 19.1. The maximum atomic E-state index is 16.8. The zero-order valence-corrected chi connectivity index (χ0v) is 51.4. The average Bonchev–Trinajstić information content (AvgIpc) is 1.75. The number of imidazole rings is 2. The van der Waals surface area contributed by atoms with Crippen molar-refractivity contribution in [2.24, 2.45) is 7.05 Å². The van der Waals surface area contributed by atoms with Crippen LogP contribution in [0.25, 0.3) is 44.6 Å². The number of piperidine rings is 1. The molecule has 22 nitrogen and oxygen atoms in total. The summed E-state index contributed by atoms with van der Waals surface area (Å²) in [6.45, 7) is 18.0. The van der Waals surface area contributed by atoms with Gasteiger partial charge in [0.15, 0.2) is 11.6 Å². The summed E-state index contributed by atoms with van der Waals surface area (Å²) in [6, 6.07) is 15.2. The number of rotatable bonds is 22. The second-order valence-electron chi connectivity index (χ2n) is 25.0. The summed E-state index contributed by atoms with van der Waals surface area (Å²) in [6.07, 6.45) is 8.34. The second-order valence-corrected chi connectivity index (χ2v) is 25.0. The van der Waals surface area contributed by atoms with Crippen LogP contribution in [0.15, 0.2) is 73.3 Å². The predicted octanol–water partition coefficient (Wildman–Crippen LogP) is 6.46. The summed E-state index contributed by atoms with van der Waals surface area (Å²) in [5.74, 6) is -2.95. The van der Waals surface area contributed by atoms with E-state index in [1.54, 1.807) is 67.9 Å². The lowest BCUT2D eigenvalue weighted by molar-refractivity contribution is 0.0625. The highest BCUT2D eigenvalue weighted by Gasteiger charge is 2.30. The number of amides is 2. The number of likely N-dealkylation sites (N-methyl/N-ethyl adjacent to an activating group) is 3. The van der Waals surface area contributed by atoms with E-state index >= 15 is 8.78 Å². The van der Waals surface area contributed by atoms with E-state index in [1.807, 2.05) is 36.4 Å². The molecule has 2 fully saturated rings. The number of pyridine rings is 2. The number of carbonyl (C=O) groups is 2. The number of piperazine rings is 1. The molecule has 0 radical (unpaired) electrons. The van der Waals surface area contributed by atoms with Gasteiger partial charge in [0.05, 0.1) is 69.9 Å². The van der Waals surface area contributed by atoms with Crippen LogP contribution in [0, 0.1) is 18.6 Å². The van der Waals surface area contributed by atoms with E-state index in [2.05, 4.69) is 95.4 Å². The summed E-state index contributed by atoms with van der Waals surface area (Å²) in [5, 5.41) is 36.7. The number of nitrogens with one attached hydrogen (secondary N) is 2. The largest absolute Gasteiger partial charge is 0.389 e. The SMILES string of the molecule is Cc1cc(C(=O)Nc2nc3ccc(N4CCC(N(C)CCN(C)C)CC4)cc3n2CC(C)(C)O)c(F)c(-c2cnn(CCc3cc(C(=O)Nc4nc5ccc(N6CCN(CCN(C)C)CC6)cc5n4CC(C)(C)O)c(F)c(-c4cnn(C)c4)n3)c2)n1. The summed E-state index contributed by atoms with van der Waals surface area (Å²) in [5.41, 5.74) is 2.92. The normalized spacial score (nSPS) is 15.0. The molecule has 0 atom stereocenters. The van der Waals surface area contributed by atoms with Gasteiger partial charge in [-0.05, 0) is 131 Å². The zero-order valence-electron chi connectivity index (χ0n) is 51.4. The quantitative estimate of drug-likeness (QED) is 0.0573. The summed E-state index contributed by atoms with van der Waals surface area (Å²) >= 11 is 0. The monoisotopic (exact) mass is 1180 g/mol. The predicted molar refractivity (Wildman–Crippen MR) is 332 cm³/mol. The molecule has 0 unspecified atom stereocenters. The lowest BCUT2D eigenvalue weighted by atomic mass is 10.0. The van der Waals surface area contributed by atoms with Crippen molar-refractivity contribution in [2.45, 2.75) is 90.8 Å². The van der Waals surface area contributed by atoms with Gasteiger partial charge in [0.25, 0.3) is 11.8 Å². The second kappa shape index (κ2) is 25.3. The molecule has 8 heterocycles. The standard InChI is InChI=1S/C62H82F2N18O4/c1-40-30-47(57(83)71-59-69-49-14-12-45(32-51(49)81(59)38-61(2,3)85)78-19-17-44(18-20-78)75(10)24-22-73(6)7)53(63)55(67-40)42-35-66-80(37-42)21-16-43-31-48(54(64)56(68-43)41-34-65-76(11)36-41)58(84)72-60-70-50-15-13-46(33-52(50)82(60)39-62(4,5)86)79-28-26-77(27-29-79)25-23-74(8)9/h12-15,30-37,44,85-86H,16-29,38-39H2,1-11H3,(H,69,71,83)(H,70,72,84). The minimum absolute atomic E-state index is 0.0822. The number of fused-ring (bicyclic) bond motifs is 2. The van der Waals surface area contributed by atoms with E-state index in [-0.39, 0.29) is 60.5 Å². The Kier molecular flexibility index (Phi) is 18.0. The average molecular weight is 1180 g/mol. The van der Waals surface area contributed by atoms with Crippen molar-refractivity contribution >= 4 is 57.2 Å².